The molecule has 4 nitrogen and oxygen atoms in total. The first-order valence-electron chi connectivity index (χ1n) is 6.05. The van der Waals surface area contributed by atoms with Gasteiger partial charge in [-0.15, -0.1) is 0 Å². The molecule has 104 valence electrons. The van der Waals surface area contributed by atoms with Crippen molar-refractivity contribution in [3.63, 3.8) is 0 Å². The molecule has 2 rings (SSSR count). The van der Waals surface area contributed by atoms with Crippen molar-refractivity contribution in [3.8, 4) is 5.75 Å². The zero-order valence-corrected chi connectivity index (χ0v) is 12.8. The second-order valence-corrected chi connectivity index (χ2v) is 5.35. The summed E-state index contributed by atoms with van der Waals surface area (Å²) in [5.41, 5.74) is 0.955. The molecule has 0 atom stereocenters. The molecule has 0 spiro atoms. The van der Waals surface area contributed by atoms with Gasteiger partial charge in [0.2, 0.25) is 0 Å². The smallest absolute Gasteiger partial charge is 0.253 e. The summed E-state index contributed by atoms with van der Waals surface area (Å²) in [7, 11) is 1.55. The van der Waals surface area contributed by atoms with Crippen molar-refractivity contribution in [1.82, 2.24) is 4.57 Å². The average molecular weight is 336 g/mol. The van der Waals surface area contributed by atoms with Crippen LogP contribution in [-0.2, 0) is 6.54 Å². The number of methoxy groups -OCH3 is 1. The Labute approximate surface area is 125 Å². The van der Waals surface area contributed by atoms with E-state index in [9.17, 15) is 9.59 Å². The van der Waals surface area contributed by atoms with Crippen molar-refractivity contribution in [2.75, 3.05) is 7.11 Å². The van der Waals surface area contributed by atoms with Crippen molar-refractivity contribution < 1.29 is 9.53 Å². The zero-order valence-electron chi connectivity index (χ0n) is 11.2. The molecule has 5 heteroatoms. The predicted molar refractivity (Wildman–Crippen MR) is 80.5 cm³/mol. The highest BCUT2D eigenvalue weighted by molar-refractivity contribution is 9.10. The number of carbonyl (C=O) groups is 1. The van der Waals surface area contributed by atoms with Gasteiger partial charge in [0.15, 0.2) is 5.78 Å². The summed E-state index contributed by atoms with van der Waals surface area (Å²) < 4.78 is 7.26. The van der Waals surface area contributed by atoms with Gasteiger partial charge >= 0.3 is 0 Å². The molecule has 0 fully saturated rings. The van der Waals surface area contributed by atoms with Crippen molar-refractivity contribution in [3.05, 3.63) is 62.5 Å². The molecule has 1 aromatic heterocycles. The highest BCUT2D eigenvalue weighted by Gasteiger charge is 2.10. The summed E-state index contributed by atoms with van der Waals surface area (Å²) in [6.45, 7) is 1.73. The minimum Gasteiger partial charge on any atom is -0.497 e. The molecule has 0 N–H and O–H groups in total. The van der Waals surface area contributed by atoms with Crippen LogP contribution in [-0.4, -0.2) is 17.5 Å². The molecule has 0 amide bonds. The minimum absolute atomic E-state index is 0.00623. The topological polar surface area (TPSA) is 48.3 Å². The Morgan fingerprint density at radius 1 is 1.35 bits per heavy atom. The van der Waals surface area contributed by atoms with Crippen molar-refractivity contribution in [1.29, 1.82) is 0 Å². The van der Waals surface area contributed by atoms with Crippen LogP contribution >= 0.6 is 15.9 Å². The number of rotatable bonds is 4. The van der Waals surface area contributed by atoms with Gasteiger partial charge in [-0.1, -0.05) is 12.1 Å². The monoisotopic (exact) mass is 335 g/mol. The molecule has 1 heterocycles. The van der Waals surface area contributed by atoms with E-state index in [0.717, 1.165) is 4.47 Å². The lowest BCUT2D eigenvalue weighted by Crippen LogP contribution is -2.25. The molecule has 1 aromatic carbocycles. The molecule has 0 aliphatic rings. The number of nitrogens with zero attached hydrogens (tertiary/aromatic N) is 1. The van der Waals surface area contributed by atoms with Crippen LogP contribution in [0.2, 0.25) is 0 Å². The Balaban J connectivity index is 2.30. The van der Waals surface area contributed by atoms with Gasteiger partial charge in [0.1, 0.15) is 5.75 Å². The van der Waals surface area contributed by atoms with Gasteiger partial charge < -0.3 is 9.30 Å². The number of hydrogen-bond acceptors (Lipinski definition) is 3. The fourth-order valence-corrected chi connectivity index (χ4v) is 2.49. The number of aryl methyl sites for hydroxylation is 1. The molecule has 0 saturated carbocycles. The molecule has 0 radical (unpaired) electrons. The molecule has 0 bridgehead atoms. The fraction of sp³-hybridized carbons (Fsp3) is 0.200. The number of carbonyl (C=O) groups excluding carboxylic acids is 1. The number of aromatic nitrogens is 1. The SMILES string of the molecule is COc1cccc(C(=O)Cn2cc(Br)cc(C)c2=O)c1. The maximum Gasteiger partial charge on any atom is 0.253 e. The number of Topliss-reactive ketones (excluding diaryl/α,β-unsaturated/α-hetero) is 1. The highest BCUT2D eigenvalue weighted by Crippen LogP contribution is 2.14. The van der Waals surface area contributed by atoms with Crippen LogP contribution in [0.15, 0.2) is 45.8 Å². The zero-order chi connectivity index (χ0) is 14.7. The van der Waals surface area contributed by atoms with E-state index in [2.05, 4.69) is 15.9 Å². The van der Waals surface area contributed by atoms with E-state index in [4.69, 9.17) is 4.74 Å². The number of hydrogen-bond donors (Lipinski definition) is 0. The number of halogens is 1. The van der Waals surface area contributed by atoms with Crippen LogP contribution in [0.4, 0.5) is 0 Å². The van der Waals surface area contributed by atoms with Gasteiger partial charge in [-0.3, -0.25) is 9.59 Å². The second kappa shape index (κ2) is 6.05. The Hall–Kier alpha value is -1.88. The van der Waals surface area contributed by atoms with Crippen molar-refractivity contribution in [2.24, 2.45) is 0 Å². The third kappa shape index (κ3) is 3.17. The quantitative estimate of drug-likeness (QED) is 0.807. The molecular weight excluding hydrogens is 322 g/mol. The Morgan fingerprint density at radius 2 is 2.10 bits per heavy atom. The van der Waals surface area contributed by atoms with E-state index in [1.165, 1.54) is 4.57 Å². The first-order valence-corrected chi connectivity index (χ1v) is 6.84. The molecular formula is C15H14BrNO3. The van der Waals surface area contributed by atoms with Crippen LogP contribution in [0.5, 0.6) is 5.75 Å². The third-order valence-corrected chi connectivity index (χ3v) is 3.37. The van der Waals surface area contributed by atoms with E-state index in [0.29, 0.717) is 16.9 Å². The summed E-state index contributed by atoms with van der Waals surface area (Å²) in [6.07, 6.45) is 1.62. The third-order valence-electron chi connectivity index (χ3n) is 2.94. The number of ketones is 1. The molecule has 0 aliphatic carbocycles. The van der Waals surface area contributed by atoms with Crippen molar-refractivity contribution in [2.45, 2.75) is 13.5 Å². The maximum atomic E-state index is 12.2. The minimum atomic E-state index is -0.163. The van der Waals surface area contributed by atoms with Crippen LogP contribution in [0.3, 0.4) is 0 Å². The van der Waals surface area contributed by atoms with Gasteiger partial charge in [0, 0.05) is 21.8 Å². The lowest BCUT2D eigenvalue weighted by Gasteiger charge is -2.08. The van der Waals surface area contributed by atoms with Crippen molar-refractivity contribution >= 4 is 21.7 Å². The number of pyridine rings is 1. The Kier molecular flexibility index (Phi) is 4.39. The molecule has 20 heavy (non-hydrogen) atoms. The van der Waals surface area contributed by atoms with Crippen LogP contribution in [0.1, 0.15) is 15.9 Å². The van der Waals surface area contributed by atoms with Gasteiger partial charge in [0.25, 0.3) is 5.56 Å². The average Bonchev–Trinajstić information content (AvgIpc) is 2.44. The lowest BCUT2D eigenvalue weighted by atomic mass is 10.1. The van der Waals surface area contributed by atoms with Gasteiger partial charge in [-0.05, 0) is 41.1 Å². The fourth-order valence-electron chi connectivity index (χ4n) is 1.90. The maximum absolute atomic E-state index is 12.2. The largest absolute Gasteiger partial charge is 0.497 e. The summed E-state index contributed by atoms with van der Waals surface area (Å²) in [4.78, 5) is 24.2. The molecule has 0 unspecified atom stereocenters. The Morgan fingerprint density at radius 3 is 2.80 bits per heavy atom. The summed E-state index contributed by atoms with van der Waals surface area (Å²) in [5, 5.41) is 0. The van der Waals surface area contributed by atoms with Crippen LogP contribution in [0, 0.1) is 6.92 Å². The standard InChI is InChI=1S/C15H14BrNO3/c1-10-6-12(16)8-17(15(10)19)9-14(18)11-4-3-5-13(7-11)20-2/h3-8H,9H2,1-2H3. The van der Waals surface area contributed by atoms with E-state index < -0.39 is 0 Å². The van der Waals surface area contributed by atoms with E-state index >= 15 is 0 Å². The van der Waals surface area contributed by atoms with E-state index in [-0.39, 0.29) is 17.9 Å². The van der Waals surface area contributed by atoms with Crippen LogP contribution in [0.25, 0.3) is 0 Å². The first-order chi connectivity index (χ1) is 9.51. The van der Waals surface area contributed by atoms with Gasteiger partial charge in [-0.2, -0.15) is 0 Å². The van der Waals surface area contributed by atoms with Gasteiger partial charge in [-0.25, -0.2) is 0 Å². The summed E-state index contributed by atoms with van der Waals surface area (Å²) in [5.74, 6) is 0.483. The second-order valence-electron chi connectivity index (χ2n) is 4.43. The number of ether oxygens (including phenoxy) is 1. The number of benzene rings is 1. The molecule has 0 aliphatic heterocycles. The molecule has 2 aromatic rings. The lowest BCUT2D eigenvalue weighted by molar-refractivity contribution is 0.0970. The Bertz CT molecular complexity index is 707. The van der Waals surface area contributed by atoms with E-state index in [1.807, 2.05) is 0 Å². The summed E-state index contributed by atoms with van der Waals surface area (Å²) in [6, 6.07) is 8.63. The van der Waals surface area contributed by atoms with E-state index in [1.54, 1.807) is 50.6 Å². The normalized spacial score (nSPS) is 10.3. The highest BCUT2D eigenvalue weighted by atomic mass is 79.9. The predicted octanol–water partition coefficient (Wildman–Crippen LogP) is 2.81. The first kappa shape index (κ1) is 14.5. The van der Waals surface area contributed by atoms with Crippen LogP contribution < -0.4 is 10.3 Å². The van der Waals surface area contributed by atoms with Gasteiger partial charge in [0.05, 0.1) is 13.7 Å². The summed E-state index contributed by atoms with van der Waals surface area (Å²) >= 11 is 3.33. The molecule has 0 saturated heterocycles.